The summed E-state index contributed by atoms with van der Waals surface area (Å²) in [4.78, 5) is 0. The minimum absolute atomic E-state index is 0.0939. The molecule has 0 radical (unpaired) electrons. The molecule has 0 fully saturated rings. The van der Waals surface area contributed by atoms with Crippen LogP contribution in [0.3, 0.4) is 0 Å². The Morgan fingerprint density at radius 2 is 1.78 bits per heavy atom. The molecule has 8 heteroatoms. The molecule has 23 heavy (non-hydrogen) atoms. The molecule has 2 N–H and O–H groups in total. The number of hydrogen-bond acceptors (Lipinski definition) is 6. The third-order valence-corrected chi connectivity index (χ3v) is 3.07. The first-order valence-corrected chi connectivity index (χ1v) is 7.35. The van der Waals surface area contributed by atoms with Gasteiger partial charge in [0.1, 0.15) is 0 Å². The van der Waals surface area contributed by atoms with E-state index in [1.807, 2.05) is 6.92 Å². The Morgan fingerprint density at radius 3 is 2.26 bits per heavy atom. The normalized spacial score (nSPS) is 11.9. The molecule has 1 rings (SSSR count). The van der Waals surface area contributed by atoms with E-state index >= 15 is 0 Å². The average Bonchev–Trinajstić information content (AvgIpc) is 2.53. The van der Waals surface area contributed by atoms with Crippen LogP contribution in [0.4, 0.5) is 0 Å². The highest BCUT2D eigenvalue weighted by atomic mass is 32.1. The molecule has 0 saturated carbocycles. The van der Waals surface area contributed by atoms with Gasteiger partial charge in [-0.15, -0.1) is 0 Å². The third kappa shape index (κ3) is 5.91. The van der Waals surface area contributed by atoms with Crippen LogP contribution in [0.2, 0.25) is 0 Å². The van der Waals surface area contributed by atoms with Crippen molar-refractivity contribution in [2.45, 2.75) is 13.0 Å². The van der Waals surface area contributed by atoms with E-state index in [2.05, 4.69) is 15.8 Å². The van der Waals surface area contributed by atoms with Gasteiger partial charge in [-0.3, -0.25) is 5.43 Å². The minimum atomic E-state index is 0.0939. The summed E-state index contributed by atoms with van der Waals surface area (Å²) < 4.78 is 20.9. The summed E-state index contributed by atoms with van der Waals surface area (Å²) in [6.45, 7) is 2.51. The molecule has 7 nitrogen and oxygen atoms in total. The van der Waals surface area contributed by atoms with Crippen LogP contribution in [-0.2, 0) is 4.74 Å². The number of nitrogens with one attached hydrogen (secondary N) is 2. The summed E-state index contributed by atoms with van der Waals surface area (Å²) >= 11 is 5.14. The van der Waals surface area contributed by atoms with Crippen LogP contribution < -0.4 is 25.0 Å². The molecular formula is C15H23N3O4S. The molecule has 0 aliphatic heterocycles. The summed E-state index contributed by atoms with van der Waals surface area (Å²) in [6.07, 6.45) is 1.61. The highest BCUT2D eigenvalue weighted by Crippen LogP contribution is 2.37. The maximum Gasteiger partial charge on any atom is 0.203 e. The zero-order valence-corrected chi connectivity index (χ0v) is 14.8. The van der Waals surface area contributed by atoms with Gasteiger partial charge in [-0.2, -0.15) is 5.10 Å². The van der Waals surface area contributed by atoms with Crippen molar-refractivity contribution in [2.75, 3.05) is 35.0 Å². The van der Waals surface area contributed by atoms with Crippen molar-refractivity contribution in [2.24, 2.45) is 5.10 Å². The van der Waals surface area contributed by atoms with E-state index in [9.17, 15) is 0 Å². The van der Waals surface area contributed by atoms with Crippen LogP contribution >= 0.6 is 12.2 Å². The summed E-state index contributed by atoms with van der Waals surface area (Å²) in [5.41, 5.74) is 3.52. The quantitative estimate of drug-likeness (QED) is 0.422. The first-order valence-electron chi connectivity index (χ1n) is 6.94. The molecule has 0 amide bonds. The second kappa shape index (κ2) is 9.86. The fourth-order valence-corrected chi connectivity index (χ4v) is 2.14. The average molecular weight is 341 g/mol. The molecule has 1 atom stereocenters. The predicted molar refractivity (Wildman–Crippen MR) is 93.9 cm³/mol. The number of nitrogens with zero attached hydrogens (tertiary/aromatic N) is 1. The Balaban J connectivity index is 2.75. The maximum atomic E-state index is 5.29. The molecule has 0 aliphatic rings. The van der Waals surface area contributed by atoms with Gasteiger partial charge in [0.05, 0.1) is 34.2 Å². The fraction of sp³-hybridized carbons (Fsp3) is 0.467. The van der Waals surface area contributed by atoms with Crippen molar-refractivity contribution in [3.05, 3.63) is 17.7 Å². The molecule has 1 aromatic carbocycles. The molecule has 0 spiro atoms. The Morgan fingerprint density at radius 1 is 1.17 bits per heavy atom. The molecule has 0 saturated heterocycles. The Bertz CT molecular complexity index is 527. The lowest BCUT2D eigenvalue weighted by Crippen LogP contribution is -2.40. The van der Waals surface area contributed by atoms with Gasteiger partial charge in [-0.25, -0.2) is 0 Å². The van der Waals surface area contributed by atoms with E-state index < -0.39 is 0 Å². The first kappa shape index (κ1) is 19.0. The van der Waals surface area contributed by atoms with E-state index in [0.29, 0.717) is 29.0 Å². The van der Waals surface area contributed by atoms with Gasteiger partial charge in [-0.05, 0) is 31.3 Å². The Kier molecular flexibility index (Phi) is 8.14. The van der Waals surface area contributed by atoms with Crippen molar-refractivity contribution in [3.63, 3.8) is 0 Å². The Labute approximate surface area is 141 Å². The number of rotatable bonds is 8. The van der Waals surface area contributed by atoms with Crippen molar-refractivity contribution in [1.82, 2.24) is 10.7 Å². The van der Waals surface area contributed by atoms with Gasteiger partial charge in [0.25, 0.3) is 0 Å². The van der Waals surface area contributed by atoms with E-state index in [0.717, 1.165) is 5.56 Å². The molecule has 128 valence electrons. The minimum Gasteiger partial charge on any atom is -0.493 e. The summed E-state index contributed by atoms with van der Waals surface area (Å²) in [5.74, 6) is 1.65. The van der Waals surface area contributed by atoms with Crippen LogP contribution in [0.5, 0.6) is 17.2 Å². The van der Waals surface area contributed by atoms with Crippen LogP contribution in [0, 0.1) is 0 Å². The van der Waals surface area contributed by atoms with Gasteiger partial charge in [0.15, 0.2) is 16.6 Å². The third-order valence-electron chi connectivity index (χ3n) is 2.86. The summed E-state index contributed by atoms with van der Waals surface area (Å²) in [6, 6.07) is 3.67. The SMILES string of the molecule is COC[C@H](C)NC(=S)N/N=C\c1cc(OC)c(OC)c(OC)c1. The molecule has 0 bridgehead atoms. The van der Waals surface area contributed by atoms with Crippen LogP contribution in [0.25, 0.3) is 0 Å². The summed E-state index contributed by atoms with van der Waals surface area (Å²) in [5, 5.41) is 7.55. The topological polar surface area (TPSA) is 73.3 Å². The number of hydrazone groups is 1. The molecule has 0 aromatic heterocycles. The van der Waals surface area contributed by atoms with Crippen molar-refractivity contribution in [1.29, 1.82) is 0 Å². The van der Waals surface area contributed by atoms with Crippen molar-refractivity contribution in [3.8, 4) is 17.2 Å². The standard InChI is InChI=1S/C15H23N3O4S/c1-10(9-19-2)17-15(23)18-16-8-11-6-12(20-3)14(22-5)13(7-11)21-4/h6-8,10H,9H2,1-5H3,(H2,17,18,23)/b16-8-/t10-/m0/s1. The van der Waals surface area contributed by atoms with Gasteiger partial charge in [-0.1, -0.05) is 0 Å². The lowest BCUT2D eigenvalue weighted by Gasteiger charge is -2.14. The highest BCUT2D eigenvalue weighted by molar-refractivity contribution is 7.80. The summed E-state index contributed by atoms with van der Waals surface area (Å²) in [7, 11) is 6.32. The van der Waals surface area contributed by atoms with Crippen LogP contribution in [-0.4, -0.2) is 52.4 Å². The van der Waals surface area contributed by atoms with Gasteiger partial charge in [0.2, 0.25) is 5.75 Å². The molecule has 0 heterocycles. The number of hydrogen-bond donors (Lipinski definition) is 2. The fourth-order valence-electron chi connectivity index (χ4n) is 1.89. The molecule has 0 aliphatic carbocycles. The maximum absolute atomic E-state index is 5.29. The van der Waals surface area contributed by atoms with Gasteiger partial charge >= 0.3 is 0 Å². The number of thiocarbonyl (C=S) groups is 1. The van der Waals surface area contributed by atoms with E-state index in [-0.39, 0.29) is 6.04 Å². The van der Waals surface area contributed by atoms with Crippen LogP contribution in [0.1, 0.15) is 12.5 Å². The number of methoxy groups -OCH3 is 4. The first-order chi connectivity index (χ1) is 11.0. The lowest BCUT2D eigenvalue weighted by molar-refractivity contribution is 0.179. The van der Waals surface area contributed by atoms with Gasteiger partial charge in [0, 0.05) is 18.7 Å². The largest absolute Gasteiger partial charge is 0.493 e. The van der Waals surface area contributed by atoms with E-state index in [4.69, 9.17) is 31.2 Å². The number of benzene rings is 1. The molecule has 1 aromatic rings. The monoisotopic (exact) mass is 341 g/mol. The second-order valence-electron chi connectivity index (χ2n) is 4.66. The van der Waals surface area contributed by atoms with E-state index in [1.54, 1.807) is 46.8 Å². The van der Waals surface area contributed by atoms with E-state index in [1.165, 1.54) is 0 Å². The zero-order valence-electron chi connectivity index (χ0n) is 14.0. The smallest absolute Gasteiger partial charge is 0.203 e. The van der Waals surface area contributed by atoms with Crippen LogP contribution in [0.15, 0.2) is 17.2 Å². The Hall–Kier alpha value is -2.06. The van der Waals surface area contributed by atoms with Crippen molar-refractivity contribution < 1.29 is 18.9 Å². The second-order valence-corrected chi connectivity index (χ2v) is 5.07. The molecular weight excluding hydrogens is 318 g/mol. The lowest BCUT2D eigenvalue weighted by atomic mass is 10.2. The highest BCUT2D eigenvalue weighted by Gasteiger charge is 2.12. The van der Waals surface area contributed by atoms with Gasteiger partial charge < -0.3 is 24.3 Å². The molecule has 0 unspecified atom stereocenters. The zero-order chi connectivity index (χ0) is 17.2. The number of ether oxygens (including phenoxy) is 4. The van der Waals surface area contributed by atoms with Crippen molar-refractivity contribution >= 4 is 23.5 Å². The predicted octanol–water partition coefficient (Wildman–Crippen LogP) is 1.55.